The van der Waals surface area contributed by atoms with Crippen LogP contribution in [0.4, 0.5) is 5.95 Å². The van der Waals surface area contributed by atoms with Crippen LogP contribution in [-0.4, -0.2) is 58.6 Å². The second kappa shape index (κ2) is 8.49. The van der Waals surface area contributed by atoms with Crippen molar-refractivity contribution in [3.63, 3.8) is 0 Å². The van der Waals surface area contributed by atoms with E-state index in [2.05, 4.69) is 61.1 Å². The molecule has 2 heterocycles. The molecule has 168 valence electrons. The molecule has 0 bridgehead atoms. The topological polar surface area (TPSA) is 81.5 Å². The van der Waals surface area contributed by atoms with Gasteiger partial charge in [-0.2, -0.15) is 0 Å². The minimum absolute atomic E-state index is 0.170. The van der Waals surface area contributed by atoms with Gasteiger partial charge in [0.2, 0.25) is 5.95 Å². The first kappa shape index (κ1) is 22.2. The van der Waals surface area contributed by atoms with Gasteiger partial charge in [0.05, 0.1) is 18.4 Å². The predicted molar refractivity (Wildman–Crippen MR) is 124 cm³/mol. The van der Waals surface area contributed by atoms with E-state index in [4.69, 9.17) is 10.1 Å². The Morgan fingerprint density at radius 1 is 1.13 bits per heavy atom. The molecule has 0 radical (unpaired) electrons. The Balaban J connectivity index is 1.54. The Morgan fingerprint density at radius 3 is 2.61 bits per heavy atom. The van der Waals surface area contributed by atoms with E-state index in [1.807, 2.05) is 12.3 Å². The molecule has 2 unspecified atom stereocenters. The van der Waals surface area contributed by atoms with Gasteiger partial charge in [0, 0.05) is 37.4 Å². The summed E-state index contributed by atoms with van der Waals surface area (Å²) in [6, 6.07) is 9.11. The van der Waals surface area contributed by atoms with Crippen LogP contribution in [0.3, 0.4) is 0 Å². The fourth-order valence-corrected chi connectivity index (χ4v) is 4.89. The van der Waals surface area contributed by atoms with Gasteiger partial charge in [0.15, 0.2) is 0 Å². The summed E-state index contributed by atoms with van der Waals surface area (Å²) in [5, 5.41) is 21.9. The number of nitrogens with zero attached hydrogens (tertiary/aromatic N) is 3. The van der Waals surface area contributed by atoms with Crippen LogP contribution < -0.4 is 10.2 Å². The van der Waals surface area contributed by atoms with Crippen molar-refractivity contribution >= 4 is 5.95 Å². The van der Waals surface area contributed by atoms with Crippen molar-refractivity contribution in [3.05, 3.63) is 41.6 Å². The number of fused-ring (bicyclic) bond motifs is 1. The second-order valence-electron chi connectivity index (χ2n) is 10.4. The van der Waals surface area contributed by atoms with Crippen molar-refractivity contribution in [3.8, 4) is 11.3 Å². The van der Waals surface area contributed by atoms with Crippen LogP contribution >= 0.6 is 0 Å². The number of nitrogens with one attached hydrogen (secondary N) is 1. The maximum Gasteiger partial charge on any atom is 0.225 e. The molecule has 0 spiro atoms. The quantitative estimate of drug-likeness (QED) is 0.661. The molecular formula is C25H36N4O2. The molecule has 6 heteroatoms. The summed E-state index contributed by atoms with van der Waals surface area (Å²) in [5.41, 5.74) is 5.38. The van der Waals surface area contributed by atoms with Crippen molar-refractivity contribution < 1.29 is 10.2 Å². The van der Waals surface area contributed by atoms with E-state index in [1.54, 1.807) is 0 Å². The Kier molecular flexibility index (Phi) is 6.08. The van der Waals surface area contributed by atoms with Crippen molar-refractivity contribution in [2.24, 2.45) is 0 Å². The van der Waals surface area contributed by atoms with E-state index in [-0.39, 0.29) is 23.5 Å². The number of anilines is 1. The Hall–Kier alpha value is -2.02. The molecule has 2 aliphatic rings. The minimum Gasteiger partial charge on any atom is -0.394 e. The highest BCUT2D eigenvalue weighted by atomic mass is 16.3. The highest BCUT2D eigenvalue weighted by molar-refractivity contribution is 5.64. The lowest BCUT2D eigenvalue weighted by molar-refractivity contribution is 0.0924. The molecule has 1 aliphatic heterocycles. The fourth-order valence-electron chi connectivity index (χ4n) is 4.89. The average molecular weight is 425 g/mol. The molecule has 4 rings (SSSR count). The van der Waals surface area contributed by atoms with Crippen LogP contribution in [0.5, 0.6) is 0 Å². The van der Waals surface area contributed by atoms with Gasteiger partial charge in [0.1, 0.15) is 0 Å². The first-order valence-electron chi connectivity index (χ1n) is 11.5. The first-order valence-corrected chi connectivity index (χ1v) is 11.5. The summed E-state index contributed by atoms with van der Waals surface area (Å²) in [5.74, 6) is 0.752. The third kappa shape index (κ3) is 4.61. The molecule has 1 aliphatic carbocycles. The third-order valence-corrected chi connectivity index (χ3v) is 7.12. The molecule has 31 heavy (non-hydrogen) atoms. The first-order chi connectivity index (χ1) is 14.7. The van der Waals surface area contributed by atoms with Crippen LogP contribution in [0.1, 0.15) is 58.1 Å². The van der Waals surface area contributed by atoms with E-state index in [0.29, 0.717) is 6.54 Å². The highest BCUT2D eigenvalue weighted by Crippen LogP contribution is 2.46. The van der Waals surface area contributed by atoms with Crippen molar-refractivity contribution in [1.29, 1.82) is 0 Å². The number of hydrogen-bond acceptors (Lipinski definition) is 6. The Morgan fingerprint density at radius 2 is 1.87 bits per heavy atom. The fraction of sp³-hybridized carbons (Fsp3) is 0.600. The van der Waals surface area contributed by atoms with Gasteiger partial charge < -0.3 is 20.4 Å². The maximum absolute atomic E-state index is 9.57. The number of aliphatic hydroxyl groups excluding tert-OH is 2. The average Bonchev–Trinajstić information content (AvgIpc) is 3.24. The van der Waals surface area contributed by atoms with E-state index >= 15 is 0 Å². The highest BCUT2D eigenvalue weighted by Gasteiger charge is 2.37. The lowest BCUT2D eigenvalue weighted by Crippen LogP contribution is -2.38. The van der Waals surface area contributed by atoms with Gasteiger partial charge in [-0.25, -0.2) is 9.97 Å². The lowest BCUT2D eigenvalue weighted by Gasteiger charge is -2.42. The molecule has 2 atom stereocenters. The Labute approximate surface area is 185 Å². The third-order valence-electron chi connectivity index (χ3n) is 7.12. The molecule has 1 aromatic heterocycles. The van der Waals surface area contributed by atoms with E-state index in [0.717, 1.165) is 36.7 Å². The van der Waals surface area contributed by atoms with Gasteiger partial charge in [-0.3, -0.25) is 0 Å². The number of aromatic nitrogens is 2. The van der Waals surface area contributed by atoms with E-state index < -0.39 is 6.10 Å². The van der Waals surface area contributed by atoms with Gasteiger partial charge in [-0.1, -0.05) is 39.8 Å². The van der Waals surface area contributed by atoms with Crippen molar-refractivity contribution in [1.82, 2.24) is 15.3 Å². The molecule has 0 saturated carbocycles. The van der Waals surface area contributed by atoms with Gasteiger partial charge in [0.25, 0.3) is 0 Å². The number of aliphatic hydroxyl groups is 2. The molecule has 1 saturated heterocycles. The minimum atomic E-state index is -0.716. The van der Waals surface area contributed by atoms with Crippen LogP contribution in [0, 0.1) is 0 Å². The molecule has 6 nitrogen and oxygen atoms in total. The largest absolute Gasteiger partial charge is 0.394 e. The zero-order chi connectivity index (χ0) is 22.2. The summed E-state index contributed by atoms with van der Waals surface area (Å²) < 4.78 is 0. The standard InChI is InChI=1S/C25H36N4O2/c1-24(2)9-10-25(3,4)21-13-17(5-6-20(21)24)22-7-11-26-23(28-22)29-12-8-18(15-29)27-14-19(31)16-30/h5-7,11,13,18-19,27,30-31H,8-10,12,14-16H2,1-4H3. The zero-order valence-electron chi connectivity index (χ0n) is 19.2. The summed E-state index contributed by atoms with van der Waals surface area (Å²) in [4.78, 5) is 11.6. The number of hydrogen-bond donors (Lipinski definition) is 3. The molecular weight excluding hydrogens is 388 g/mol. The number of rotatable bonds is 6. The van der Waals surface area contributed by atoms with E-state index in [1.165, 1.54) is 24.0 Å². The number of benzene rings is 1. The summed E-state index contributed by atoms with van der Waals surface area (Å²) >= 11 is 0. The SMILES string of the molecule is CC1(C)CCC(C)(C)c2cc(-c3ccnc(N4CCC(NCC(O)CO)C4)n3)ccc21. The normalized spacial score (nSPS) is 22.9. The summed E-state index contributed by atoms with van der Waals surface area (Å²) in [6.07, 6.45) is 4.50. The van der Waals surface area contributed by atoms with E-state index in [9.17, 15) is 5.11 Å². The van der Waals surface area contributed by atoms with Gasteiger partial charge >= 0.3 is 0 Å². The van der Waals surface area contributed by atoms with Crippen molar-refractivity contribution in [2.45, 2.75) is 69.9 Å². The molecule has 1 aromatic carbocycles. The van der Waals surface area contributed by atoms with Crippen LogP contribution in [-0.2, 0) is 10.8 Å². The smallest absolute Gasteiger partial charge is 0.225 e. The molecule has 2 aromatic rings. The van der Waals surface area contributed by atoms with Crippen LogP contribution in [0.2, 0.25) is 0 Å². The van der Waals surface area contributed by atoms with Gasteiger partial charge in [-0.15, -0.1) is 0 Å². The molecule has 0 amide bonds. The zero-order valence-corrected chi connectivity index (χ0v) is 19.2. The Bertz CT molecular complexity index is 927. The van der Waals surface area contributed by atoms with Gasteiger partial charge in [-0.05, 0) is 53.4 Å². The monoisotopic (exact) mass is 424 g/mol. The summed E-state index contributed by atoms with van der Waals surface area (Å²) in [7, 11) is 0. The van der Waals surface area contributed by atoms with Crippen LogP contribution in [0.15, 0.2) is 30.5 Å². The molecule has 1 fully saturated rings. The summed E-state index contributed by atoms with van der Waals surface area (Å²) in [6.45, 7) is 11.2. The van der Waals surface area contributed by atoms with Crippen molar-refractivity contribution in [2.75, 3.05) is 31.1 Å². The molecule has 3 N–H and O–H groups in total. The van der Waals surface area contributed by atoms with Crippen LogP contribution in [0.25, 0.3) is 11.3 Å². The second-order valence-corrected chi connectivity index (χ2v) is 10.4. The predicted octanol–water partition coefficient (Wildman–Crippen LogP) is 3.01. The lowest BCUT2D eigenvalue weighted by atomic mass is 9.63. The maximum atomic E-state index is 9.57.